The van der Waals surface area contributed by atoms with Gasteiger partial charge in [-0.15, -0.1) is 0 Å². The lowest BCUT2D eigenvalue weighted by atomic mass is 10.1. The number of hydrogen-bond acceptors (Lipinski definition) is 2. The molecule has 0 saturated carbocycles. The second-order valence-electron chi connectivity index (χ2n) is 2.61. The maximum absolute atomic E-state index is 11.2. The van der Waals surface area contributed by atoms with Crippen molar-refractivity contribution in [2.24, 2.45) is 0 Å². The standard InChI is InChI=1S/C10H11BrO2/c1-3-13-10-8(7(2)12)5-4-6-9(10)11/h4-6H,3H2,1-2H3. The number of hydrogen-bond donors (Lipinski definition) is 0. The Morgan fingerprint density at radius 2 is 2.23 bits per heavy atom. The van der Waals surface area contributed by atoms with Gasteiger partial charge in [0.05, 0.1) is 16.6 Å². The van der Waals surface area contributed by atoms with Crippen LogP contribution in [0.2, 0.25) is 0 Å². The van der Waals surface area contributed by atoms with E-state index in [0.29, 0.717) is 17.9 Å². The lowest BCUT2D eigenvalue weighted by Gasteiger charge is -2.09. The summed E-state index contributed by atoms with van der Waals surface area (Å²) in [5.74, 6) is 0.655. The number of rotatable bonds is 3. The molecule has 0 fully saturated rings. The second kappa shape index (κ2) is 4.42. The SMILES string of the molecule is CCOc1c(Br)cccc1C(C)=O. The third-order valence-electron chi connectivity index (χ3n) is 1.63. The molecular formula is C10H11BrO2. The average Bonchev–Trinajstić information content (AvgIpc) is 2.08. The van der Waals surface area contributed by atoms with E-state index in [9.17, 15) is 4.79 Å². The molecule has 0 amide bonds. The lowest BCUT2D eigenvalue weighted by Crippen LogP contribution is -2.00. The molecule has 1 rings (SSSR count). The van der Waals surface area contributed by atoms with E-state index in [1.165, 1.54) is 6.92 Å². The molecule has 0 aliphatic heterocycles. The van der Waals surface area contributed by atoms with E-state index < -0.39 is 0 Å². The van der Waals surface area contributed by atoms with Gasteiger partial charge < -0.3 is 4.74 Å². The molecule has 1 aromatic carbocycles. The van der Waals surface area contributed by atoms with Crippen LogP contribution >= 0.6 is 15.9 Å². The van der Waals surface area contributed by atoms with E-state index in [2.05, 4.69) is 15.9 Å². The molecule has 0 aliphatic rings. The molecule has 0 heterocycles. The first-order valence-corrected chi connectivity index (χ1v) is 4.88. The van der Waals surface area contributed by atoms with E-state index in [1.54, 1.807) is 6.07 Å². The zero-order valence-electron chi connectivity index (χ0n) is 7.63. The summed E-state index contributed by atoms with van der Waals surface area (Å²) in [6.07, 6.45) is 0. The Labute approximate surface area is 86.0 Å². The predicted octanol–water partition coefficient (Wildman–Crippen LogP) is 3.05. The smallest absolute Gasteiger partial charge is 0.163 e. The normalized spacial score (nSPS) is 9.77. The first-order chi connectivity index (χ1) is 6.16. The van der Waals surface area contributed by atoms with Crippen LogP contribution in [0.25, 0.3) is 0 Å². The Morgan fingerprint density at radius 3 is 2.77 bits per heavy atom. The van der Waals surface area contributed by atoms with Gasteiger partial charge in [-0.05, 0) is 41.9 Å². The van der Waals surface area contributed by atoms with Gasteiger partial charge in [0.25, 0.3) is 0 Å². The van der Waals surface area contributed by atoms with Crippen LogP contribution in [-0.4, -0.2) is 12.4 Å². The zero-order chi connectivity index (χ0) is 9.84. The summed E-state index contributed by atoms with van der Waals surface area (Å²) in [5, 5.41) is 0. The van der Waals surface area contributed by atoms with Gasteiger partial charge in [-0.25, -0.2) is 0 Å². The van der Waals surface area contributed by atoms with E-state index >= 15 is 0 Å². The van der Waals surface area contributed by atoms with Gasteiger partial charge in [-0.3, -0.25) is 4.79 Å². The average molecular weight is 243 g/mol. The summed E-state index contributed by atoms with van der Waals surface area (Å²) in [7, 11) is 0. The third kappa shape index (κ3) is 2.31. The molecule has 3 heteroatoms. The molecule has 0 bridgehead atoms. The van der Waals surface area contributed by atoms with Gasteiger partial charge >= 0.3 is 0 Å². The van der Waals surface area contributed by atoms with E-state index in [0.717, 1.165) is 4.47 Å². The number of carbonyl (C=O) groups excluding carboxylic acids is 1. The van der Waals surface area contributed by atoms with Crippen LogP contribution in [0.4, 0.5) is 0 Å². The summed E-state index contributed by atoms with van der Waals surface area (Å²) in [6, 6.07) is 5.44. The van der Waals surface area contributed by atoms with Crippen molar-refractivity contribution in [2.75, 3.05) is 6.61 Å². The Bertz CT molecular complexity index is 321. The van der Waals surface area contributed by atoms with Crippen molar-refractivity contribution >= 4 is 21.7 Å². The van der Waals surface area contributed by atoms with Crippen molar-refractivity contribution in [2.45, 2.75) is 13.8 Å². The van der Waals surface area contributed by atoms with E-state index in [1.807, 2.05) is 19.1 Å². The van der Waals surface area contributed by atoms with Gasteiger partial charge in [-0.2, -0.15) is 0 Å². The maximum atomic E-state index is 11.2. The molecule has 0 saturated heterocycles. The summed E-state index contributed by atoms with van der Waals surface area (Å²) >= 11 is 3.34. The van der Waals surface area contributed by atoms with E-state index in [4.69, 9.17) is 4.74 Å². The molecule has 13 heavy (non-hydrogen) atoms. The summed E-state index contributed by atoms with van der Waals surface area (Å²) < 4.78 is 6.18. The van der Waals surface area contributed by atoms with Crippen molar-refractivity contribution < 1.29 is 9.53 Å². The summed E-state index contributed by atoms with van der Waals surface area (Å²) in [6.45, 7) is 3.98. The first kappa shape index (κ1) is 10.3. The topological polar surface area (TPSA) is 26.3 Å². The van der Waals surface area contributed by atoms with Crippen LogP contribution in [0.15, 0.2) is 22.7 Å². The van der Waals surface area contributed by atoms with Crippen molar-refractivity contribution in [3.8, 4) is 5.75 Å². The number of benzene rings is 1. The fourth-order valence-corrected chi connectivity index (χ4v) is 1.56. The molecule has 0 aromatic heterocycles. The lowest BCUT2D eigenvalue weighted by molar-refractivity contribution is 0.101. The number of carbonyl (C=O) groups is 1. The molecule has 0 aliphatic carbocycles. The molecule has 2 nitrogen and oxygen atoms in total. The molecule has 70 valence electrons. The van der Waals surface area contributed by atoms with Crippen LogP contribution in [0.3, 0.4) is 0 Å². The van der Waals surface area contributed by atoms with E-state index in [-0.39, 0.29) is 5.78 Å². The fourth-order valence-electron chi connectivity index (χ4n) is 1.08. The van der Waals surface area contributed by atoms with Gasteiger partial charge in [0, 0.05) is 0 Å². The number of para-hydroxylation sites is 1. The van der Waals surface area contributed by atoms with Crippen LogP contribution < -0.4 is 4.74 Å². The Morgan fingerprint density at radius 1 is 1.54 bits per heavy atom. The van der Waals surface area contributed by atoms with Crippen molar-refractivity contribution in [1.82, 2.24) is 0 Å². The first-order valence-electron chi connectivity index (χ1n) is 4.09. The van der Waals surface area contributed by atoms with Gasteiger partial charge in [-0.1, -0.05) is 6.07 Å². The van der Waals surface area contributed by atoms with Gasteiger partial charge in [0.15, 0.2) is 5.78 Å². The summed E-state index contributed by atoms with van der Waals surface area (Å²) in [4.78, 5) is 11.2. The van der Waals surface area contributed by atoms with Crippen LogP contribution in [0.1, 0.15) is 24.2 Å². The minimum absolute atomic E-state index is 0.0183. The Kier molecular flexibility index (Phi) is 3.48. The number of halogens is 1. The number of ketones is 1. The van der Waals surface area contributed by atoms with Crippen molar-refractivity contribution in [3.63, 3.8) is 0 Å². The number of ether oxygens (including phenoxy) is 1. The van der Waals surface area contributed by atoms with Crippen molar-refractivity contribution in [3.05, 3.63) is 28.2 Å². The number of Topliss-reactive ketones (excluding diaryl/α,β-unsaturated/α-hetero) is 1. The largest absolute Gasteiger partial charge is 0.492 e. The molecule has 0 atom stereocenters. The van der Waals surface area contributed by atoms with Crippen LogP contribution in [-0.2, 0) is 0 Å². The van der Waals surface area contributed by atoms with Gasteiger partial charge in [0.2, 0.25) is 0 Å². The quantitative estimate of drug-likeness (QED) is 0.762. The molecule has 0 N–H and O–H groups in total. The van der Waals surface area contributed by atoms with Gasteiger partial charge in [0.1, 0.15) is 5.75 Å². The molecule has 0 spiro atoms. The Balaban J connectivity index is 3.17. The van der Waals surface area contributed by atoms with Crippen molar-refractivity contribution in [1.29, 1.82) is 0 Å². The highest BCUT2D eigenvalue weighted by Crippen LogP contribution is 2.29. The highest BCUT2D eigenvalue weighted by Gasteiger charge is 2.10. The molecule has 0 unspecified atom stereocenters. The summed E-state index contributed by atoms with van der Waals surface area (Å²) in [5.41, 5.74) is 0.622. The molecule has 0 radical (unpaired) electrons. The van der Waals surface area contributed by atoms with Crippen LogP contribution in [0, 0.1) is 0 Å². The third-order valence-corrected chi connectivity index (χ3v) is 2.26. The highest BCUT2D eigenvalue weighted by atomic mass is 79.9. The predicted molar refractivity (Wildman–Crippen MR) is 55.3 cm³/mol. The second-order valence-corrected chi connectivity index (χ2v) is 3.46. The fraction of sp³-hybridized carbons (Fsp3) is 0.300. The zero-order valence-corrected chi connectivity index (χ0v) is 9.22. The maximum Gasteiger partial charge on any atom is 0.163 e. The molecular weight excluding hydrogens is 232 g/mol. The van der Waals surface area contributed by atoms with Crippen LogP contribution in [0.5, 0.6) is 5.75 Å². The molecule has 1 aromatic rings. The minimum Gasteiger partial charge on any atom is -0.492 e. The minimum atomic E-state index is 0.0183. The highest BCUT2D eigenvalue weighted by molar-refractivity contribution is 9.10. The Hall–Kier alpha value is -0.830. The monoisotopic (exact) mass is 242 g/mol.